The van der Waals surface area contributed by atoms with E-state index in [0.29, 0.717) is 24.3 Å². The first-order chi connectivity index (χ1) is 14.3. The first kappa shape index (κ1) is 20.1. The highest BCUT2D eigenvalue weighted by atomic mass is 32.2. The van der Waals surface area contributed by atoms with Crippen molar-refractivity contribution in [3.63, 3.8) is 0 Å². The molecule has 3 aromatic rings. The Balaban J connectivity index is 1.18. The van der Waals surface area contributed by atoms with Crippen molar-refractivity contribution in [1.29, 1.82) is 0 Å². The fourth-order valence-corrected chi connectivity index (χ4v) is 4.30. The van der Waals surface area contributed by atoms with Gasteiger partial charge in [-0.05, 0) is 17.0 Å². The van der Waals surface area contributed by atoms with Gasteiger partial charge in [-0.2, -0.15) is 0 Å². The molecule has 2 aromatic heterocycles. The molecule has 0 spiro atoms. The van der Waals surface area contributed by atoms with E-state index in [2.05, 4.69) is 44.7 Å². The molecule has 9 heteroatoms. The zero-order chi connectivity index (χ0) is 19.9. The summed E-state index contributed by atoms with van der Waals surface area (Å²) >= 11 is 2.77. The number of carbonyl (C=O) groups excluding carboxylic acids is 1. The molecular weight excluding hydrogens is 408 g/mol. The Labute approximate surface area is 177 Å². The third kappa shape index (κ3) is 5.89. The normalized spacial score (nSPS) is 17.3. The zero-order valence-electron chi connectivity index (χ0n) is 15.8. The Kier molecular flexibility index (Phi) is 6.94. The minimum Gasteiger partial charge on any atom is -0.410 e. The average Bonchev–Trinajstić information content (AvgIpc) is 3.43. The number of amides is 1. The highest BCUT2D eigenvalue weighted by Gasteiger charge is 2.21. The second-order valence-corrected chi connectivity index (χ2v) is 8.53. The molecule has 1 N–H and O–H groups in total. The van der Waals surface area contributed by atoms with E-state index in [-0.39, 0.29) is 17.8 Å². The highest BCUT2D eigenvalue weighted by Crippen LogP contribution is 2.26. The van der Waals surface area contributed by atoms with E-state index in [1.807, 2.05) is 23.6 Å². The summed E-state index contributed by atoms with van der Waals surface area (Å²) in [5.41, 5.74) is 1.29. The van der Waals surface area contributed by atoms with Crippen LogP contribution in [0, 0.1) is 0 Å². The summed E-state index contributed by atoms with van der Waals surface area (Å²) in [5.74, 6) is 0.638. The van der Waals surface area contributed by atoms with Crippen molar-refractivity contribution in [2.75, 3.05) is 32.0 Å². The van der Waals surface area contributed by atoms with Crippen molar-refractivity contribution in [3.05, 3.63) is 53.4 Å². The number of hydrogen-bond acceptors (Lipinski definition) is 8. The van der Waals surface area contributed by atoms with Gasteiger partial charge in [0, 0.05) is 26.2 Å². The third-order valence-electron chi connectivity index (χ3n) is 4.46. The maximum Gasteiger partial charge on any atom is 0.277 e. The summed E-state index contributed by atoms with van der Waals surface area (Å²) in [4.78, 5) is 15.5. The van der Waals surface area contributed by atoms with E-state index < -0.39 is 0 Å². The van der Waals surface area contributed by atoms with Crippen molar-refractivity contribution in [2.45, 2.75) is 17.9 Å². The van der Waals surface area contributed by atoms with Gasteiger partial charge in [-0.3, -0.25) is 9.69 Å². The fourth-order valence-electron chi connectivity index (χ4n) is 3.06. The molecular formula is C20H22N4O3S2. The number of nitrogens with zero attached hydrogens (tertiary/aromatic N) is 3. The van der Waals surface area contributed by atoms with Crippen LogP contribution in [0.5, 0.6) is 0 Å². The topological polar surface area (TPSA) is 80.5 Å². The molecule has 1 aromatic carbocycles. The van der Waals surface area contributed by atoms with Crippen LogP contribution in [-0.2, 0) is 16.1 Å². The third-order valence-corrected chi connectivity index (χ3v) is 6.14. The molecule has 1 amide bonds. The van der Waals surface area contributed by atoms with Gasteiger partial charge in [0.05, 0.1) is 23.3 Å². The van der Waals surface area contributed by atoms with Crippen molar-refractivity contribution < 1.29 is 13.9 Å². The molecule has 1 aliphatic heterocycles. The molecule has 7 nitrogen and oxygen atoms in total. The first-order valence-corrected chi connectivity index (χ1v) is 11.3. The van der Waals surface area contributed by atoms with Crippen LogP contribution in [0.1, 0.15) is 5.56 Å². The lowest BCUT2D eigenvalue weighted by Crippen LogP contribution is -2.47. The zero-order valence-corrected chi connectivity index (χ0v) is 17.5. The first-order valence-electron chi connectivity index (χ1n) is 9.41. The van der Waals surface area contributed by atoms with Crippen molar-refractivity contribution in [2.24, 2.45) is 0 Å². The van der Waals surface area contributed by atoms with Crippen LogP contribution < -0.4 is 5.32 Å². The molecule has 1 saturated heterocycles. The number of hydrogen-bond donors (Lipinski definition) is 1. The maximum atomic E-state index is 12.2. The van der Waals surface area contributed by atoms with E-state index in [9.17, 15) is 4.79 Å². The molecule has 1 fully saturated rings. The van der Waals surface area contributed by atoms with Crippen molar-refractivity contribution >= 4 is 29.0 Å². The van der Waals surface area contributed by atoms with Crippen molar-refractivity contribution in [3.8, 4) is 10.8 Å². The summed E-state index contributed by atoms with van der Waals surface area (Å²) in [7, 11) is 0. The number of aromatic nitrogens is 2. The number of benzene rings is 1. The number of ether oxygens (including phenoxy) is 1. The predicted molar refractivity (Wildman–Crippen MR) is 113 cm³/mol. The summed E-state index contributed by atoms with van der Waals surface area (Å²) in [6.45, 7) is 3.77. The monoisotopic (exact) mass is 430 g/mol. The minimum atomic E-state index is -0.0744. The summed E-state index contributed by atoms with van der Waals surface area (Å²) < 4.78 is 11.4. The second-order valence-electron chi connectivity index (χ2n) is 6.66. The quantitative estimate of drug-likeness (QED) is 0.551. The van der Waals surface area contributed by atoms with Gasteiger partial charge in [0.2, 0.25) is 5.91 Å². The number of thiophene rings is 1. The Morgan fingerprint density at radius 2 is 2.14 bits per heavy atom. The maximum absolute atomic E-state index is 12.2. The lowest BCUT2D eigenvalue weighted by atomic mass is 10.2. The van der Waals surface area contributed by atoms with Gasteiger partial charge in [0.25, 0.3) is 11.1 Å². The van der Waals surface area contributed by atoms with E-state index in [1.165, 1.54) is 28.7 Å². The minimum absolute atomic E-state index is 0.00440. The fraction of sp³-hybridized carbons (Fsp3) is 0.350. The molecule has 4 rings (SSSR count). The Bertz CT molecular complexity index is 902. The van der Waals surface area contributed by atoms with Crippen LogP contribution in [0.3, 0.4) is 0 Å². The van der Waals surface area contributed by atoms with E-state index in [0.717, 1.165) is 24.5 Å². The summed E-state index contributed by atoms with van der Waals surface area (Å²) in [6.07, 6.45) is -0.00440. The van der Waals surface area contributed by atoms with Crippen molar-refractivity contribution in [1.82, 2.24) is 20.4 Å². The van der Waals surface area contributed by atoms with Gasteiger partial charge in [-0.1, -0.05) is 48.2 Å². The SMILES string of the molecule is O=C(CSc1nnc(-c2cccs2)o1)NC[C@@H]1CN(Cc2ccccc2)CCO1. The van der Waals surface area contributed by atoms with Crippen LogP contribution in [0.25, 0.3) is 10.8 Å². The lowest BCUT2D eigenvalue weighted by molar-refractivity contribution is -0.119. The molecule has 0 bridgehead atoms. The molecule has 152 valence electrons. The Morgan fingerprint density at radius 3 is 2.97 bits per heavy atom. The molecule has 0 aliphatic carbocycles. The van der Waals surface area contributed by atoms with E-state index in [4.69, 9.17) is 9.15 Å². The molecule has 3 heterocycles. The van der Waals surface area contributed by atoms with Gasteiger partial charge >= 0.3 is 0 Å². The molecule has 29 heavy (non-hydrogen) atoms. The van der Waals surface area contributed by atoms with Crippen LogP contribution in [0.15, 0.2) is 57.5 Å². The lowest BCUT2D eigenvalue weighted by Gasteiger charge is -2.33. The predicted octanol–water partition coefficient (Wildman–Crippen LogP) is 2.91. The molecule has 0 radical (unpaired) electrons. The van der Waals surface area contributed by atoms with Crippen LogP contribution in [0.2, 0.25) is 0 Å². The summed E-state index contributed by atoms with van der Waals surface area (Å²) in [5, 5.41) is 13.3. The van der Waals surface area contributed by atoms with E-state index in [1.54, 1.807) is 0 Å². The number of morpholine rings is 1. The van der Waals surface area contributed by atoms with E-state index >= 15 is 0 Å². The van der Waals surface area contributed by atoms with Gasteiger partial charge in [0.15, 0.2) is 0 Å². The molecule has 0 unspecified atom stereocenters. The Hall–Kier alpha value is -2.20. The van der Waals surface area contributed by atoms with Gasteiger partial charge in [-0.25, -0.2) is 0 Å². The number of thioether (sulfide) groups is 1. The smallest absolute Gasteiger partial charge is 0.277 e. The number of carbonyl (C=O) groups is 1. The largest absolute Gasteiger partial charge is 0.410 e. The number of nitrogens with one attached hydrogen (secondary N) is 1. The van der Waals surface area contributed by atoms with Crippen LogP contribution in [-0.4, -0.2) is 59.1 Å². The van der Waals surface area contributed by atoms with Crippen LogP contribution >= 0.6 is 23.1 Å². The van der Waals surface area contributed by atoms with Gasteiger partial charge < -0.3 is 14.5 Å². The molecule has 1 aliphatic rings. The van der Waals surface area contributed by atoms with Gasteiger partial charge in [-0.15, -0.1) is 21.5 Å². The standard InChI is InChI=1S/C20H22N4O3S2/c25-18(14-29-20-23-22-19(27-20)17-7-4-10-28-17)21-11-16-13-24(8-9-26-16)12-15-5-2-1-3-6-15/h1-7,10,16H,8-9,11-14H2,(H,21,25)/t16-/m1/s1. The average molecular weight is 431 g/mol. The molecule has 1 atom stereocenters. The highest BCUT2D eigenvalue weighted by molar-refractivity contribution is 7.99. The van der Waals surface area contributed by atoms with Gasteiger partial charge in [0.1, 0.15) is 0 Å². The molecule has 0 saturated carbocycles. The summed E-state index contributed by atoms with van der Waals surface area (Å²) in [6, 6.07) is 14.2. The Morgan fingerprint density at radius 1 is 1.24 bits per heavy atom. The number of rotatable bonds is 8. The second kappa shape index (κ2) is 10.0. The van der Waals surface area contributed by atoms with Crippen LogP contribution in [0.4, 0.5) is 0 Å².